The second kappa shape index (κ2) is 6.22. The first-order valence-corrected chi connectivity index (χ1v) is 9.16. The summed E-state index contributed by atoms with van der Waals surface area (Å²) in [5.41, 5.74) is 0.722. The fourth-order valence-corrected chi connectivity index (χ4v) is 3.71. The van der Waals surface area contributed by atoms with Crippen molar-refractivity contribution < 1.29 is 18.3 Å². The molecule has 2 heterocycles. The second-order valence-electron chi connectivity index (χ2n) is 5.55. The fourth-order valence-electron chi connectivity index (χ4n) is 2.45. The predicted molar refractivity (Wildman–Crippen MR) is 94.3 cm³/mol. The first-order chi connectivity index (χ1) is 12.1. The molecule has 136 valence electrons. The molecule has 3 aromatic rings. The summed E-state index contributed by atoms with van der Waals surface area (Å²) in [5, 5.41) is 13.1. The number of hydrogen-bond donors (Lipinski definition) is 1. The van der Waals surface area contributed by atoms with E-state index in [9.17, 15) is 18.3 Å². The minimum absolute atomic E-state index is 0.0482. The maximum absolute atomic E-state index is 12.9. The Morgan fingerprint density at radius 3 is 2.58 bits per heavy atom. The van der Waals surface area contributed by atoms with E-state index in [1.54, 1.807) is 13.0 Å². The maximum Gasteiger partial charge on any atom is 0.337 e. The molecule has 2 aromatic heterocycles. The lowest BCUT2D eigenvalue weighted by Crippen LogP contribution is -2.30. The van der Waals surface area contributed by atoms with Crippen molar-refractivity contribution >= 4 is 39.1 Å². The summed E-state index contributed by atoms with van der Waals surface area (Å²) in [6.07, 6.45) is 1.54. The molecule has 0 fully saturated rings. The van der Waals surface area contributed by atoms with Gasteiger partial charge in [0.25, 0.3) is 10.9 Å². The topological polar surface area (TPSA) is 118 Å². The molecule has 0 unspecified atom stereocenters. The molecule has 1 N–H and O–H groups in total. The zero-order chi connectivity index (χ0) is 19.2. The van der Waals surface area contributed by atoms with Gasteiger partial charge in [0, 0.05) is 24.0 Å². The van der Waals surface area contributed by atoms with Gasteiger partial charge in [-0.2, -0.15) is 13.4 Å². The summed E-state index contributed by atoms with van der Waals surface area (Å²) in [7, 11) is -3.01. The number of carboxylic acids is 1. The van der Waals surface area contributed by atoms with E-state index >= 15 is 0 Å². The Morgan fingerprint density at radius 2 is 1.92 bits per heavy atom. The van der Waals surface area contributed by atoms with E-state index in [1.807, 2.05) is 0 Å². The monoisotopic (exact) mass is 395 g/mol. The summed E-state index contributed by atoms with van der Waals surface area (Å²) in [6.45, 7) is 3.28. The third-order valence-corrected chi connectivity index (χ3v) is 5.78. The Kier molecular flexibility index (Phi) is 4.32. The molecular weight excluding hydrogens is 382 g/mol. The number of aromatic nitrogens is 4. The number of aryl methyl sites for hydroxylation is 1. The molecule has 0 amide bonds. The quantitative estimate of drug-likeness (QED) is 0.716. The standard InChI is InChI=1S/C15H14ClN5O4S/c1-8-6-7-21-14(17-8)18-15(19-21)26(24,25)20(3)12-9(2)11(16)5-4-10(12)13(22)23/h4-7H,1-3H3,(H,22,23). The third kappa shape index (κ3) is 2.86. The highest BCUT2D eigenvalue weighted by Crippen LogP contribution is 2.33. The number of anilines is 1. The van der Waals surface area contributed by atoms with Crippen LogP contribution in [0.3, 0.4) is 0 Å². The zero-order valence-electron chi connectivity index (χ0n) is 14.0. The molecule has 0 radical (unpaired) electrons. The lowest BCUT2D eigenvalue weighted by Gasteiger charge is -2.22. The number of hydrogen-bond acceptors (Lipinski definition) is 6. The molecule has 0 bridgehead atoms. The van der Waals surface area contributed by atoms with E-state index in [0.29, 0.717) is 11.3 Å². The van der Waals surface area contributed by atoms with Crippen molar-refractivity contribution in [2.75, 3.05) is 11.4 Å². The minimum atomic E-state index is -4.23. The van der Waals surface area contributed by atoms with Gasteiger partial charge in [0.05, 0.1) is 11.3 Å². The zero-order valence-corrected chi connectivity index (χ0v) is 15.6. The van der Waals surface area contributed by atoms with Gasteiger partial charge in [-0.3, -0.25) is 4.31 Å². The van der Waals surface area contributed by atoms with Gasteiger partial charge in [-0.15, -0.1) is 5.10 Å². The van der Waals surface area contributed by atoms with Crippen LogP contribution < -0.4 is 4.31 Å². The van der Waals surface area contributed by atoms with Crippen LogP contribution in [0.2, 0.25) is 5.02 Å². The van der Waals surface area contributed by atoms with E-state index in [2.05, 4.69) is 15.1 Å². The number of carboxylic acid groups (broad SMARTS) is 1. The van der Waals surface area contributed by atoms with Crippen LogP contribution in [0, 0.1) is 13.8 Å². The van der Waals surface area contributed by atoms with E-state index < -0.39 is 21.1 Å². The van der Waals surface area contributed by atoms with Crippen molar-refractivity contribution in [2.24, 2.45) is 0 Å². The molecule has 1 aromatic carbocycles. The number of fused-ring (bicyclic) bond motifs is 1. The van der Waals surface area contributed by atoms with Crippen LogP contribution in [0.15, 0.2) is 29.6 Å². The maximum atomic E-state index is 12.9. The summed E-state index contributed by atoms with van der Waals surface area (Å²) in [4.78, 5) is 19.6. The Bertz CT molecular complexity index is 1140. The van der Waals surface area contributed by atoms with Crippen LogP contribution in [-0.4, -0.2) is 46.1 Å². The lowest BCUT2D eigenvalue weighted by atomic mass is 10.1. The van der Waals surface area contributed by atoms with Gasteiger partial charge in [-0.1, -0.05) is 11.6 Å². The molecule has 0 saturated carbocycles. The average Bonchev–Trinajstić information content (AvgIpc) is 3.00. The smallest absolute Gasteiger partial charge is 0.337 e. The van der Waals surface area contributed by atoms with Crippen molar-refractivity contribution in [1.29, 1.82) is 0 Å². The van der Waals surface area contributed by atoms with E-state index in [1.165, 1.54) is 36.8 Å². The number of halogens is 1. The predicted octanol–water partition coefficient (Wildman–Crippen LogP) is 1.92. The van der Waals surface area contributed by atoms with Crippen molar-refractivity contribution in [3.8, 4) is 0 Å². The Hall–Kier alpha value is -2.72. The van der Waals surface area contributed by atoms with Gasteiger partial charge in [0.1, 0.15) is 0 Å². The van der Waals surface area contributed by atoms with Crippen LogP contribution in [0.4, 0.5) is 5.69 Å². The Morgan fingerprint density at radius 1 is 1.23 bits per heavy atom. The van der Waals surface area contributed by atoms with Crippen LogP contribution in [-0.2, 0) is 10.0 Å². The van der Waals surface area contributed by atoms with Crippen LogP contribution in [0.25, 0.3) is 5.78 Å². The highest BCUT2D eigenvalue weighted by Gasteiger charge is 2.31. The molecule has 0 saturated heterocycles. The summed E-state index contributed by atoms with van der Waals surface area (Å²) in [6, 6.07) is 4.31. The molecule has 0 spiro atoms. The molecule has 9 nitrogen and oxygen atoms in total. The van der Waals surface area contributed by atoms with E-state index in [4.69, 9.17) is 11.6 Å². The third-order valence-electron chi connectivity index (χ3n) is 3.83. The molecule has 0 aliphatic rings. The second-order valence-corrected chi connectivity index (χ2v) is 7.82. The first kappa shape index (κ1) is 18.1. The Labute approximate surface area is 153 Å². The van der Waals surface area contributed by atoms with Crippen molar-refractivity contribution in [2.45, 2.75) is 19.0 Å². The Balaban J connectivity index is 2.18. The number of rotatable bonds is 4. The largest absolute Gasteiger partial charge is 0.478 e. The van der Waals surface area contributed by atoms with Gasteiger partial charge in [-0.25, -0.2) is 14.3 Å². The lowest BCUT2D eigenvalue weighted by molar-refractivity contribution is 0.0697. The van der Waals surface area contributed by atoms with Gasteiger partial charge >= 0.3 is 16.0 Å². The molecule has 0 atom stereocenters. The summed E-state index contributed by atoms with van der Waals surface area (Å²) < 4.78 is 28.0. The highest BCUT2D eigenvalue weighted by molar-refractivity contribution is 7.92. The highest BCUT2D eigenvalue weighted by atomic mass is 35.5. The molecule has 26 heavy (non-hydrogen) atoms. The van der Waals surface area contributed by atoms with Crippen LogP contribution >= 0.6 is 11.6 Å². The van der Waals surface area contributed by atoms with Gasteiger partial charge in [-0.05, 0) is 37.6 Å². The van der Waals surface area contributed by atoms with Crippen LogP contribution in [0.1, 0.15) is 21.6 Å². The summed E-state index contributed by atoms with van der Waals surface area (Å²) in [5.74, 6) is -1.15. The SMILES string of the molecule is Cc1ccn2nc(S(=O)(=O)N(C)c3c(C(=O)O)ccc(Cl)c3C)nc2n1. The summed E-state index contributed by atoms with van der Waals surface area (Å²) >= 11 is 6.05. The van der Waals surface area contributed by atoms with Gasteiger partial charge in [0.2, 0.25) is 0 Å². The molecule has 3 rings (SSSR count). The first-order valence-electron chi connectivity index (χ1n) is 7.34. The van der Waals surface area contributed by atoms with E-state index in [-0.39, 0.29) is 22.1 Å². The molecule has 0 aliphatic carbocycles. The van der Waals surface area contributed by atoms with Crippen molar-refractivity contribution in [3.63, 3.8) is 0 Å². The number of aromatic carboxylic acids is 1. The van der Waals surface area contributed by atoms with Gasteiger partial charge < -0.3 is 5.11 Å². The number of carbonyl (C=O) groups is 1. The van der Waals surface area contributed by atoms with Gasteiger partial charge in [0.15, 0.2) is 0 Å². The van der Waals surface area contributed by atoms with Crippen molar-refractivity contribution in [1.82, 2.24) is 19.6 Å². The van der Waals surface area contributed by atoms with Crippen molar-refractivity contribution in [3.05, 3.63) is 46.2 Å². The number of benzene rings is 1. The molecule has 0 aliphatic heterocycles. The number of nitrogens with zero attached hydrogens (tertiary/aromatic N) is 5. The average molecular weight is 396 g/mol. The normalized spacial score (nSPS) is 11.7. The molecular formula is C15H14ClN5O4S. The minimum Gasteiger partial charge on any atom is -0.478 e. The fraction of sp³-hybridized carbons (Fsp3) is 0.200. The molecule has 11 heteroatoms. The number of sulfonamides is 1. The van der Waals surface area contributed by atoms with Crippen LogP contribution in [0.5, 0.6) is 0 Å². The van der Waals surface area contributed by atoms with E-state index in [0.717, 1.165) is 4.31 Å².